The maximum Gasteiger partial charge on any atom is 0.321 e. The fraction of sp³-hybridized carbons (Fsp3) is 0.273. The van der Waals surface area contributed by atoms with Gasteiger partial charge in [0.05, 0.1) is 6.54 Å². The van der Waals surface area contributed by atoms with Gasteiger partial charge in [0.2, 0.25) is 0 Å². The van der Waals surface area contributed by atoms with Gasteiger partial charge in [-0.25, -0.2) is 0 Å². The van der Waals surface area contributed by atoms with E-state index in [1.54, 1.807) is 6.20 Å². The average Bonchev–Trinajstić information content (AvgIpc) is 3.29. The largest absolute Gasteiger partial charge is 0.459 e. The van der Waals surface area contributed by atoms with Crippen LogP contribution >= 0.6 is 0 Å². The number of rotatable bonds is 5. The van der Waals surface area contributed by atoms with Crippen LogP contribution in [0.1, 0.15) is 24.5 Å². The second kappa shape index (κ2) is 6.79. The molecule has 2 aromatic carbocycles. The van der Waals surface area contributed by atoms with Gasteiger partial charge in [0.1, 0.15) is 11.5 Å². The lowest BCUT2D eigenvalue weighted by molar-refractivity contribution is -0.145. The summed E-state index contributed by atoms with van der Waals surface area (Å²) >= 11 is 0. The van der Waals surface area contributed by atoms with Gasteiger partial charge in [-0.3, -0.25) is 9.48 Å². The van der Waals surface area contributed by atoms with Gasteiger partial charge < -0.3 is 4.74 Å². The summed E-state index contributed by atoms with van der Waals surface area (Å²) in [6.07, 6.45) is 4.28. The van der Waals surface area contributed by atoms with Crippen molar-refractivity contribution in [3.8, 4) is 0 Å². The second-order valence-corrected chi connectivity index (χ2v) is 6.73. The van der Waals surface area contributed by atoms with Crippen molar-refractivity contribution in [2.24, 2.45) is 5.92 Å². The lowest BCUT2D eigenvalue weighted by Gasteiger charge is -2.33. The Labute approximate surface area is 153 Å². The lowest BCUT2D eigenvalue weighted by atomic mass is 9.64. The molecule has 0 N–H and O–H groups in total. The zero-order chi connectivity index (χ0) is 18.0. The molecule has 2 unspecified atom stereocenters. The van der Waals surface area contributed by atoms with E-state index in [0.29, 0.717) is 6.54 Å². The van der Waals surface area contributed by atoms with Crippen LogP contribution in [0.4, 0.5) is 0 Å². The number of aromatic nitrogens is 2. The van der Waals surface area contributed by atoms with Crippen LogP contribution in [0.15, 0.2) is 79.1 Å². The molecule has 2 heterocycles. The van der Waals surface area contributed by atoms with E-state index in [1.807, 2.05) is 77.6 Å². The molecule has 1 aliphatic heterocycles. The topological polar surface area (TPSA) is 44.1 Å². The highest BCUT2D eigenvalue weighted by atomic mass is 16.6. The zero-order valence-electron chi connectivity index (χ0n) is 14.8. The minimum atomic E-state index is -0.783. The quantitative estimate of drug-likeness (QED) is 0.660. The van der Waals surface area contributed by atoms with Gasteiger partial charge in [-0.1, -0.05) is 67.6 Å². The molecule has 0 spiro atoms. The number of benzene rings is 2. The monoisotopic (exact) mass is 346 g/mol. The number of ether oxygens (including phenoxy) is 1. The Balaban J connectivity index is 1.85. The minimum Gasteiger partial charge on any atom is -0.459 e. The molecule has 4 rings (SSSR count). The first kappa shape index (κ1) is 16.6. The number of esters is 1. The highest BCUT2D eigenvalue weighted by Crippen LogP contribution is 2.49. The van der Waals surface area contributed by atoms with Crippen LogP contribution in [-0.4, -0.2) is 21.9 Å². The maximum absolute atomic E-state index is 13.4. The summed E-state index contributed by atoms with van der Waals surface area (Å²) < 4.78 is 7.80. The van der Waals surface area contributed by atoms with Gasteiger partial charge in [-0.2, -0.15) is 5.10 Å². The second-order valence-electron chi connectivity index (χ2n) is 6.73. The highest BCUT2D eigenvalue weighted by Gasteiger charge is 2.58. The van der Waals surface area contributed by atoms with Crippen molar-refractivity contribution in [2.45, 2.75) is 31.4 Å². The molecule has 1 aliphatic rings. The molecular formula is C22H22N2O2. The van der Waals surface area contributed by atoms with E-state index in [2.05, 4.69) is 12.0 Å². The van der Waals surface area contributed by atoms with Crippen molar-refractivity contribution in [3.05, 3.63) is 90.3 Å². The number of cyclic esters (lactones) is 1. The van der Waals surface area contributed by atoms with Gasteiger partial charge in [-0.05, 0) is 23.6 Å². The summed E-state index contributed by atoms with van der Waals surface area (Å²) in [6.45, 7) is 2.70. The molecule has 0 bridgehead atoms. The summed E-state index contributed by atoms with van der Waals surface area (Å²) in [4.78, 5) is 13.4. The first-order chi connectivity index (χ1) is 12.8. The van der Waals surface area contributed by atoms with Crippen LogP contribution in [0.2, 0.25) is 0 Å². The molecule has 4 heteroatoms. The molecule has 0 radical (unpaired) electrons. The van der Waals surface area contributed by atoms with E-state index in [9.17, 15) is 4.79 Å². The van der Waals surface area contributed by atoms with Crippen molar-refractivity contribution in [1.29, 1.82) is 0 Å². The van der Waals surface area contributed by atoms with Crippen LogP contribution in [0, 0.1) is 5.92 Å². The van der Waals surface area contributed by atoms with Crippen LogP contribution in [0.5, 0.6) is 0 Å². The molecular weight excluding hydrogens is 324 g/mol. The Kier molecular flexibility index (Phi) is 4.33. The van der Waals surface area contributed by atoms with E-state index in [0.717, 1.165) is 17.5 Å². The first-order valence-electron chi connectivity index (χ1n) is 9.06. The summed E-state index contributed by atoms with van der Waals surface area (Å²) in [5.74, 6) is -0.136. The number of hydrogen-bond donors (Lipinski definition) is 0. The highest BCUT2D eigenvalue weighted by molar-refractivity contribution is 5.90. The van der Waals surface area contributed by atoms with Gasteiger partial charge in [0.25, 0.3) is 0 Å². The van der Waals surface area contributed by atoms with Crippen molar-refractivity contribution in [1.82, 2.24) is 9.78 Å². The Hall–Kier alpha value is -2.88. The fourth-order valence-electron chi connectivity index (χ4n) is 4.30. The number of carbonyl (C=O) groups is 1. The Morgan fingerprint density at radius 2 is 1.62 bits per heavy atom. The molecule has 1 saturated heterocycles. The third kappa shape index (κ3) is 2.53. The van der Waals surface area contributed by atoms with E-state index in [1.165, 1.54) is 0 Å². The van der Waals surface area contributed by atoms with Gasteiger partial charge in [0.15, 0.2) is 0 Å². The molecule has 0 amide bonds. The van der Waals surface area contributed by atoms with Gasteiger partial charge in [0, 0.05) is 18.3 Å². The minimum absolute atomic E-state index is 0.0315. The van der Waals surface area contributed by atoms with Gasteiger partial charge in [-0.15, -0.1) is 0 Å². The standard InChI is InChI=1S/C22H22N2O2/c1-2-19-20(16-24-15-9-14-23-24)26-21(25)22(19,17-10-5-3-6-11-17)18-12-7-4-8-13-18/h3-15,19-20H,2,16H2,1H3. The summed E-state index contributed by atoms with van der Waals surface area (Å²) in [5.41, 5.74) is 1.20. The van der Waals surface area contributed by atoms with Crippen molar-refractivity contribution >= 4 is 5.97 Å². The molecule has 2 atom stereocenters. The SMILES string of the molecule is CCC1C(Cn2cccn2)OC(=O)C1(c1ccccc1)c1ccccc1. The Bertz CT molecular complexity index is 820. The summed E-state index contributed by atoms with van der Waals surface area (Å²) in [5, 5.41) is 4.29. The predicted molar refractivity (Wildman–Crippen MR) is 99.6 cm³/mol. The van der Waals surface area contributed by atoms with Crippen LogP contribution in [0.25, 0.3) is 0 Å². The van der Waals surface area contributed by atoms with Crippen LogP contribution < -0.4 is 0 Å². The molecule has 1 aromatic heterocycles. The average molecular weight is 346 g/mol. The summed E-state index contributed by atoms with van der Waals surface area (Å²) in [7, 11) is 0. The first-order valence-corrected chi connectivity index (χ1v) is 9.06. The molecule has 0 aliphatic carbocycles. The van der Waals surface area contributed by atoms with Crippen LogP contribution in [-0.2, 0) is 21.5 Å². The lowest BCUT2D eigenvalue weighted by Crippen LogP contribution is -2.41. The van der Waals surface area contributed by atoms with E-state index in [4.69, 9.17) is 4.74 Å². The van der Waals surface area contributed by atoms with Crippen molar-refractivity contribution in [3.63, 3.8) is 0 Å². The number of hydrogen-bond acceptors (Lipinski definition) is 3. The molecule has 1 fully saturated rings. The molecule has 4 nitrogen and oxygen atoms in total. The fourth-order valence-corrected chi connectivity index (χ4v) is 4.30. The molecule has 132 valence electrons. The van der Waals surface area contributed by atoms with E-state index >= 15 is 0 Å². The number of nitrogens with zero attached hydrogens (tertiary/aromatic N) is 2. The maximum atomic E-state index is 13.4. The van der Waals surface area contributed by atoms with Crippen molar-refractivity contribution in [2.75, 3.05) is 0 Å². The van der Waals surface area contributed by atoms with Crippen LogP contribution in [0.3, 0.4) is 0 Å². The van der Waals surface area contributed by atoms with Gasteiger partial charge >= 0.3 is 5.97 Å². The number of carbonyl (C=O) groups excluding carboxylic acids is 1. The third-order valence-corrected chi connectivity index (χ3v) is 5.41. The van der Waals surface area contributed by atoms with E-state index < -0.39 is 5.41 Å². The molecule has 26 heavy (non-hydrogen) atoms. The zero-order valence-corrected chi connectivity index (χ0v) is 14.8. The Morgan fingerprint density at radius 1 is 1.00 bits per heavy atom. The summed E-state index contributed by atoms with van der Waals surface area (Å²) in [6, 6.07) is 21.9. The molecule has 0 saturated carbocycles. The van der Waals surface area contributed by atoms with Crippen molar-refractivity contribution < 1.29 is 9.53 Å². The predicted octanol–water partition coefficient (Wildman–Crippen LogP) is 3.82. The third-order valence-electron chi connectivity index (χ3n) is 5.41. The smallest absolute Gasteiger partial charge is 0.321 e. The Morgan fingerprint density at radius 3 is 2.12 bits per heavy atom. The molecule has 3 aromatic rings. The normalized spacial score (nSPS) is 21.5. The van der Waals surface area contributed by atoms with E-state index in [-0.39, 0.29) is 18.0 Å².